The smallest absolute Gasteiger partial charge is 0.319 e. The molecule has 2 amide bonds. The third kappa shape index (κ3) is 5.77. The van der Waals surface area contributed by atoms with Crippen molar-refractivity contribution in [2.24, 2.45) is 0 Å². The van der Waals surface area contributed by atoms with Gasteiger partial charge in [-0.25, -0.2) is 4.79 Å². The number of hydrogen-bond donors (Lipinski definition) is 3. The van der Waals surface area contributed by atoms with Crippen molar-refractivity contribution >= 4 is 11.7 Å². The number of methoxy groups -OCH3 is 2. The van der Waals surface area contributed by atoms with E-state index in [2.05, 4.69) is 10.6 Å². The van der Waals surface area contributed by atoms with Gasteiger partial charge < -0.3 is 30.0 Å². The number of carbonyl (C=O) groups excluding carboxylic acids is 1. The number of benzene rings is 1. The molecule has 1 aromatic carbocycles. The molecule has 0 spiro atoms. The number of aliphatic hydroxyl groups is 1. The molecular weight excluding hydrogens is 264 g/mol. The normalized spacial score (nSPS) is 9.95. The molecule has 0 unspecified atom stereocenters. The van der Waals surface area contributed by atoms with Gasteiger partial charge in [0.15, 0.2) is 0 Å². The van der Waals surface area contributed by atoms with E-state index in [1.165, 1.54) is 14.2 Å². The topological polar surface area (TPSA) is 89.1 Å². The minimum atomic E-state index is -0.354. The molecule has 0 fully saturated rings. The summed E-state index contributed by atoms with van der Waals surface area (Å²) in [7, 11) is 3.08. The van der Waals surface area contributed by atoms with E-state index in [-0.39, 0.29) is 19.2 Å². The summed E-state index contributed by atoms with van der Waals surface area (Å²) in [6.45, 7) is 0.925. The number of nitrogens with one attached hydrogen (secondary N) is 2. The molecule has 0 saturated carbocycles. The number of hydrogen-bond acceptors (Lipinski definition) is 5. The van der Waals surface area contributed by atoms with Crippen LogP contribution >= 0.6 is 0 Å². The van der Waals surface area contributed by atoms with Crippen molar-refractivity contribution in [3.8, 4) is 11.5 Å². The Morgan fingerprint density at radius 3 is 2.35 bits per heavy atom. The molecule has 20 heavy (non-hydrogen) atoms. The summed E-state index contributed by atoms with van der Waals surface area (Å²) in [4.78, 5) is 11.6. The average molecular weight is 284 g/mol. The Morgan fingerprint density at radius 2 is 1.80 bits per heavy atom. The van der Waals surface area contributed by atoms with Crippen LogP contribution in [0.2, 0.25) is 0 Å². The Hall–Kier alpha value is -1.99. The first-order chi connectivity index (χ1) is 9.69. The molecule has 0 saturated heterocycles. The highest BCUT2D eigenvalue weighted by molar-refractivity contribution is 5.89. The van der Waals surface area contributed by atoms with E-state index in [0.717, 1.165) is 0 Å². The minimum absolute atomic E-state index is 0.0319. The second-order valence-corrected chi connectivity index (χ2v) is 3.82. The lowest BCUT2D eigenvalue weighted by Crippen LogP contribution is -2.31. The molecule has 3 N–H and O–H groups in total. The van der Waals surface area contributed by atoms with Crippen molar-refractivity contribution in [3.05, 3.63) is 18.2 Å². The molecule has 0 radical (unpaired) electrons. The molecule has 0 aliphatic heterocycles. The summed E-state index contributed by atoms with van der Waals surface area (Å²) >= 11 is 0. The number of urea groups is 1. The molecule has 0 atom stereocenters. The molecule has 0 aliphatic carbocycles. The highest BCUT2D eigenvalue weighted by atomic mass is 16.5. The fraction of sp³-hybridized carbons (Fsp3) is 0.462. The quantitative estimate of drug-likeness (QED) is 0.615. The summed E-state index contributed by atoms with van der Waals surface area (Å²) in [5, 5.41) is 13.8. The van der Waals surface area contributed by atoms with Crippen LogP contribution in [0, 0.1) is 0 Å². The predicted molar refractivity (Wildman–Crippen MR) is 74.5 cm³/mol. The maximum atomic E-state index is 11.6. The number of aliphatic hydroxyl groups excluding tert-OH is 1. The molecule has 0 heterocycles. The van der Waals surface area contributed by atoms with Gasteiger partial charge in [0.2, 0.25) is 0 Å². The highest BCUT2D eigenvalue weighted by Crippen LogP contribution is 2.25. The fourth-order valence-corrected chi connectivity index (χ4v) is 1.46. The van der Waals surface area contributed by atoms with E-state index in [1.807, 2.05) is 0 Å². The zero-order chi connectivity index (χ0) is 14.8. The van der Waals surface area contributed by atoms with Crippen LogP contribution in [0.4, 0.5) is 10.5 Å². The van der Waals surface area contributed by atoms with Crippen LogP contribution in [-0.2, 0) is 4.74 Å². The van der Waals surface area contributed by atoms with Gasteiger partial charge in [-0.15, -0.1) is 0 Å². The molecule has 0 aliphatic rings. The maximum absolute atomic E-state index is 11.6. The minimum Gasteiger partial charge on any atom is -0.497 e. The summed E-state index contributed by atoms with van der Waals surface area (Å²) < 4.78 is 15.2. The molecule has 0 aromatic heterocycles. The van der Waals surface area contributed by atoms with Gasteiger partial charge in [-0.05, 0) is 0 Å². The van der Waals surface area contributed by atoms with Crippen molar-refractivity contribution in [2.75, 3.05) is 45.9 Å². The number of carbonyl (C=O) groups is 1. The van der Waals surface area contributed by atoms with Crippen LogP contribution in [-0.4, -0.2) is 51.7 Å². The van der Waals surface area contributed by atoms with E-state index in [1.54, 1.807) is 18.2 Å². The summed E-state index contributed by atoms with van der Waals surface area (Å²) in [6, 6.07) is 4.73. The van der Waals surface area contributed by atoms with Gasteiger partial charge in [-0.2, -0.15) is 0 Å². The lowest BCUT2D eigenvalue weighted by molar-refractivity contribution is 0.0950. The lowest BCUT2D eigenvalue weighted by atomic mass is 10.3. The third-order valence-electron chi connectivity index (χ3n) is 2.38. The van der Waals surface area contributed by atoms with Crippen LogP contribution in [0.25, 0.3) is 0 Å². The monoisotopic (exact) mass is 284 g/mol. The van der Waals surface area contributed by atoms with Crippen molar-refractivity contribution in [1.29, 1.82) is 0 Å². The molecule has 7 heteroatoms. The van der Waals surface area contributed by atoms with Crippen molar-refractivity contribution in [1.82, 2.24) is 5.32 Å². The highest BCUT2D eigenvalue weighted by Gasteiger charge is 2.05. The standard InChI is InChI=1S/C13H20N2O5/c1-18-11-7-10(8-12(9-11)19-2)15-13(17)14-3-5-20-6-4-16/h7-9,16H,3-6H2,1-2H3,(H2,14,15,17). The zero-order valence-electron chi connectivity index (χ0n) is 11.6. The Kier molecular flexibility index (Phi) is 7.23. The summed E-state index contributed by atoms with van der Waals surface area (Å²) in [5.74, 6) is 1.18. The largest absolute Gasteiger partial charge is 0.497 e. The Bertz CT molecular complexity index is 403. The molecule has 0 bridgehead atoms. The third-order valence-corrected chi connectivity index (χ3v) is 2.38. The van der Waals surface area contributed by atoms with Crippen LogP contribution < -0.4 is 20.1 Å². The van der Waals surface area contributed by atoms with E-state index in [0.29, 0.717) is 30.3 Å². The number of rotatable bonds is 8. The van der Waals surface area contributed by atoms with Gasteiger partial charge in [0, 0.05) is 30.4 Å². The zero-order valence-corrected chi connectivity index (χ0v) is 11.6. The van der Waals surface area contributed by atoms with Crippen LogP contribution in [0.3, 0.4) is 0 Å². The average Bonchev–Trinajstić information content (AvgIpc) is 2.46. The van der Waals surface area contributed by atoms with Gasteiger partial charge in [0.1, 0.15) is 11.5 Å². The van der Waals surface area contributed by atoms with E-state index in [9.17, 15) is 4.79 Å². The molecule has 1 aromatic rings. The number of ether oxygens (including phenoxy) is 3. The van der Waals surface area contributed by atoms with Crippen molar-refractivity contribution in [3.63, 3.8) is 0 Å². The fourth-order valence-electron chi connectivity index (χ4n) is 1.46. The Labute approximate surface area is 117 Å². The van der Waals surface area contributed by atoms with Crippen LogP contribution in [0.15, 0.2) is 18.2 Å². The SMILES string of the molecule is COc1cc(NC(=O)NCCOCCO)cc(OC)c1. The second kappa shape index (κ2) is 9.00. The second-order valence-electron chi connectivity index (χ2n) is 3.82. The van der Waals surface area contributed by atoms with Crippen molar-refractivity contribution in [2.45, 2.75) is 0 Å². The van der Waals surface area contributed by atoms with Gasteiger partial charge >= 0.3 is 6.03 Å². The number of amides is 2. The van der Waals surface area contributed by atoms with Gasteiger partial charge in [-0.3, -0.25) is 0 Å². The summed E-state index contributed by atoms with van der Waals surface area (Å²) in [6.07, 6.45) is 0. The van der Waals surface area contributed by atoms with Gasteiger partial charge in [0.05, 0.1) is 34.0 Å². The number of anilines is 1. The van der Waals surface area contributed by atoms with E-state index >= 15 is 0 Å². The first kappa shape index (κ1) is 16.1. The first-order valence-electron chi connectivity index (χ1n) is 6.16. The summed E-state index contributed by atoms with van der Waals surface area (Å²) in [5.41, 5.74) is 0.565. The van der Waals surface area contributed by atoms with E-state index < -0.39 is 0 Å². The Balaban J connectivity index is 2.44. The Morgan fingerprint density at radius 1 is 1.15 bits per heavy atom. The maximum Gasteiger partial charge on any atom is 0.319 e. The van der Waals surface area contributed by atoms with Gasteiger partial charge in [-0.1, -0.05) is 0 Å². The van der Waals surface area contributed by atoms with Crippen molar-refractivity contribution < 1.29 is 24.1 Å². The lowest BCUT2D eigenvalue weighted by Gasteiger charge is -2.10. The van der Waals surface area contributed by atoms with Crippen LogP contribution in [0.1, 0.15) is 0 Å². The first-order valence-corrected chi connectivity index (χ1v) is 6.16. The molecule has 7 nitrogen and oxygen atoms in total. The molecular formula is C13H20N2O5. The van der Waals surface area contributed by atoms with Gasteiger partial charge in [0.25, 0.3) is 0 Å². The molecule has 112 valence electrons. The van der Waals surface area contributed by atoms with E-state index in [4.69, 9.17) is 19.3 Å². The van der Waals surface area contributed by atoms with Crippen LogP contribution in [0.5, 0.6) is 11.5 Å². The predicted octanol–water partition coefficient (Wildman–Crippen LogP) is 0.834. The molecule has 1 rings (SSSR count).